The summed E-state index contributed by atoms with van der Waals surface area (Å²) in [4.78, 5) is 2.15. The predicted molar refractivity (Wildman–Crippen MR) is 294 cm³/mol. The zero-order chi connectivity index (χ0) is 47.6. The van der Waals surface area contributed by atoms with Gasteiger partial charge in [-0.25, -0.2) is 0 Å². The largest absolute Gasteiger partial charge is 0.376 e. The van der Waals surface area contributed by atoms with Crippen molar-refractivity contribution in [2.45, 2.75) is 167 Å². The number of benzene rings is 5. The van der Waals surface area contributed by atoms with E-state index in [2.05, 4.69) is 172 Å². The van der Waals surface area contributed by atoms with Crippen LogP contribution in [0.15, 0.2) is 144 Å². The van der Waals surface area contributed by atoms with Crippen molar-refractivity contribution in [3.8, 4) is 20.9 Å². The lowest BCUT2D eigenvalue weighted by molar-refractivity contribution is 0.119. The normalized spacial score (nSPS) is 12.0. The molecule has 0 amide bonds. The number of rotatable bonds is 28. The summed E-state index contributed by atoms with van der Waals surface area (Å²) in [5.41, 5.74) is 8.79. The Morgan fingerprint density at radius 3 is 0.853 bits per heavy atom. The van der Waals surface area contributed by atoms with Gasteiger partial charge in [-0.15, -0.1) is 22.7 Å². The fourth-order valence-corrected chi connectivity index (χ4v) is 11.6. The minimum Gasteiger partial charge on any atom is -0.376 e. The molecule has 0 spiro atoms. The number of aryl methyl sites for hydroxylation is 4. The number of thiophene rings is 2. The molecule has 0 fully saturated rings. The monoisotopic (exact) mass is 943 g/mol. The topological polar surface area (TPSA) is 40.5 Å². The van der Waals surface area contributed by atoms with E-state index in [4.69, 9.17) is 0 Å². The number of aliphatic hydroxyl groups is 2. The quantitative estimate of drug-likeness (QED) is 0.0379. The minimum absolute atomic E-state index is 0.764. The summed E-state index contributed by atoms with van der Waals surface area (Å²) in [5, 5.41) is 32.6. The molecule has 4 heteroatoms. The third kappa shape index (κ3) is 12.6. The highest BCUT2D eigenvalue weighted by Crippen LogP contribution is 2.50. The fraction of sp³-hybridized carbons (Fsp3) is 0.406. The van der Waals surface area contributed by atoms with Crippen LogP contribution in [-0.2, 0) is 36.9 Å². The van der Waals surface area contributed by atoms with Crippen LogP contribution in [0.1, 0.15) is 186 Å². The second kappa shape index (κ2) is 25.9. The van der Waals surface area contributed by atoms with Crippen molar-refractivity contribution < 1.29 is 10.2 Å². The molecule has 0 atom stereocenters. The highest BCUT2D eigenvalue weighted by molar-refractivity contribution is 7.14. The van der Waals surface area contributed by atoms with Crippen LogP contribution in [0.2, 0.25) is 0 Å². The van der Waals surface area contributed by atoms with Crippen LogP contribution in [0.25, 0.3) is 20.9 Å². The van der Waals surface area contributed by atoms with E-state index in [1.165, 1.54) is 99.3 Å². The maximum absolute atomic E-state index is 14.2. The molecule has 0 aliphatic carbocycles. The van der Waals surface area contributed by atoms with E-state index in [0.29, 0.717) is 0 Å². The van der Waals surface area contributed by atoms with Crippen LogP contribution >= 0.6 is 22.7 Å². The van der Waals surface area contributed by atoms with E-state index in [9.17, 15) is 10.2 Å². The Bertz CT molecular complexity index is 2210. The molecule has 358 valence electrons. The van der Waals surface area contributed by atoms with Crippen LogP contribution in [0.5, 0.6) is 0 Å². The first-order valence-corrected chi connectivity index (χ1v) is 28.2. The zero-order valence-corrected chi connectivity index (χ0v) is 43.3. The van der Waals surface area contributed by atoms with Gasteiger partial charge in [0.15, 0.2) is 0 Å². The first-order valence-electron chi connectivity index (χ1n) is 26.4. The maximum atomic E-state index is 14.2. The van der Waals surface area contributed by atoms with E-state index in [1.54, 1.807) is 22.7 Å². The fourth-order valence-electron chi connectivity index (χ4n) is 10.1. The molecule has 0 bridgehead atoms. The molecule has 2 aromatic heterocycles. The molecule has 2 N–H and O–H groups in total. The molecule has 0 aliphatic rings. The van der Waals surface area contributed by atoms with Gasteiger partial charge in [-0.1, -0.05) is 214 Å². The van der Waals surface area contributed by atoms with Gasteiger partial charge >= 0.3 is 0 Å². The molecule has 2 nitrogen and oxygen atoms in total. The van der Waals surface area contributed by atoms with Gasteiger partial charge < -0.3 is 10.2 Å². The molecule has 0 aliphatic heterocycles. The average Bonchev–Trinajstić information content (AvgIpc) is 4.14. The van der Waals surface area contributed by atoms with Crippen molar-refractivity contribution in [1.82, 2.24) is 0 Å². The summed E-state index contributed by atoms with van der Waals surface area (Å²) in [5.74, 6) is 0. The summed E-state index contributed by atoms with van der Waals surface area (Å²) in [6, 6.07) is 48.1. The van der Waals surface area contributed by atoms with Gasteiger partial charge in [-0.05, 0) is 142 Å². The Labute approximate surface area is 418 Å². The molecule has 2 heterocycles. The van der Waals surface area contributed by atoms with E-state index in [-0.39, 0.29) is 0 Å². The molecule has 68 heavy (non-hydrogen) atoms. The molecule has 0 unspecified atom stereocenters. The van der Waals surface area contributed by atoms with Crippen molar-refractivity contribution in [2.75, 3.05) is 0 Å². The predicted octanol–water partition coefficient (Wildman–Crippen LogP) is 18.2. The first-order chi connectivity index (χ1) is 33.3. The number of unbranched alkanes of at least 4 members (excludes halogenated alkanes) is 12. The van der Waals surface area contributed by atoms with Crippen molar-refractivity contribution in [3.05, 3.63) is 200 Å². The van der Waals surface area contributed by atoms with Gasteiger partial charge in [-0.2, -0.15) is 0 Å². The summed E-state index contributed by atoms with van der Waals surface area (Å²) in [7, 11) is 0. The highest BCUT2D eigenvalue weighted by Gasteiger charge is 2.42. The van der Waals surface area contributed by atoms with Gasteiger partial charge in [0.2, 0.25) is 0 Å². The van der Waals surface area contributed by atoms with Crippen LogP contribution in [0.3, 0.4) is 0 Å². The van der Waals surface area contributed by atoms with Crippen LogP contribution in [-0.4, -0.2) is 10.2 Å². The van der Waals surface area contributed by atoms with Gasteiger partial charge in [0.1, 0.15) is 11.2 Å². The van der Waals surface area contributed by atoms with E-state index in [1.807, 2.05) is 0 Å². The minimum atomic E-state index is -1.56. The molecule has 0 radical (unpaired) electrons. The smallest absolute Gasteiger partial charge is 0.141 e. The molecule has 0 saturated heterocycles. The Kier molecular flexibility index (Phi) is 19.5. The third-order valence-electron chi connectivity index (χ3n) is 14.3. The van der Waals surface area contributed by atoms with Gasteiger partial charge in [0.25, 0.3) is 0 Å². The van der Waals surface area contributed by atoms with Crippen molar-refractivity contribution in [2.24, 2.45) is 0 Å². The third-order valence-corrected chi connectivity index (χ3v) is 16.1. The molecular weight excluding hydrogens is 865 g/mol. The highest BCUT2D eigenvalue weighted by atomic mass is 32.1. The number of hydrogen-bond acceptors (Lipinski definition) is 4. The molecule has 0 saturated carbocycles. The van der Waals surface area contributed by atoms with Crippen molar-refractivity contribution in [1.29, 1.82) is 0 Å². The second-order valence-electron chi connectivity index (χ2n) is 19.3. The van der Waals surface area contributed by atoms with E-state index >= 15 is 0 Å². The van der Waals surface area contributed by atoms with E-state index < -0.39 is 11.2 Å². The Hall–Kier alpha value is -4.58. The Morgan fingerprint density at radius 1 is 0.338 bits per heavy atom. The molecule has 5 aromatic carbocycles. The lowest BCUT2D eigenvalue weighted by Gasteiger charge is -2.37. The number of hydrogen-bond donors (Lipinski definition) is 2. The molecule has 7 rings (SSSR count). The molecular formula is C64H78O2S2. The van der Waals surface area contributed by atoms with Crippen molar-refractivity contribution >= 4 is 22.7 Å². The van der Waals surface area contributed by atoms with Gasteiger partial charge in [0.05, 0.1) is 0 Å². The zero-order valence-electron chi connectivity index (χ0n) is 41.7. The summed E-state index contributed by atoms with van der Waals surface area (Å²) >= 11 is 3.38. The standard InChI is InChI=1S/C64H78O2S2/c1-5-9-13-17-23-49-29-37-53(38-30-49)63(65,54-39-31-50(32-40-54)24-18-14-10-6-2)59-48-60(58(62-28-22-46-68-62)47-57(59)61-27-21-45-67-61)64(66,55-41-33-51(34-42-55)25-19-15-11-7-3)56-43-35-52(36-44-56)26-20-16-12-8-4/h21-22,27-48,65-66H,5-20,23-26H2,1-4H3. The SMILES string of the molecule is CCCCCCc1ccc(C(O)(c2ccc(CCCCCC)cc2)c2cc(C(O)(c3ccc(CCCCCC)cc3)c3ccc(CCCCCC)cc3)c(-c3cccs3)cc2-c2cccs2)cc1. The van der Waals surface area contributed by atoms with E-state index in [0.717, 1.165) is 106 Å². The van der Waals surface area contributed by atoms with Gasteiger partial charge in [-0.3, -0.25) is 0 Å². The van der Waals surface area contributed by atoms with Crippen LogP contribution < -0.4 is 0 Å². The first kappa shape index (κ1) is 51.3. The summed E-state index contributed by atoms with van der Waals surface area (Å²) in [6.07, 6.45) is 23.5. The van der Waals surface area contributed by atoms with Crippen LogP contribution in [0, 0.1) is 0 Å². The second-order valence-corrected chi connectivity index (χ2v) is 21.2. The average molecular weight is 943 g/mol. The lowest BCUT2D eigenvalue weighted by atomic mass is 9.72. The summed E-state index contributed by atoms with van der Waals surface area (Å²) < 4.78 is 0. The van der Waals surface area contributed by atoms with Crippen molar-refractivity contribution in [3.63, 3.8) is 0 Å². The lowest BCUT2D eigenvalue weighted by Crippen LogP contribution is -2.33. The van der Waals surface area contributed by atoms with Crippen LogP contribution in [0.4, 0.5) is 0 Å². The van der Waals surface area contributed by atoms with Gasteiger partial charge in [0, 0.05) is 20.9 Å². The Morgan fingerprint density at radius 2 is 0.618 bits per heavy atom. The summed E-state index contributed by atoms with van der Waals surface area (Å²) in [6.45, 7) is 9.04. The molecule has 7 aromatic rings. The maximum Gasteiger partial charge on any atom is 0.141 e. The Balaban J connectivity index is 1.46.